The fourth-order valence-electron chi connectivity index (χ4n) is 3.76. The lowest BCUT2D eigenvalue weighted by molar-refractivity contribution is 0.102. The first kappa shape index (κ1) is 19.8. The highest BCUT2D eigenvalue weighted by atomic mass is 19.1. The maximum atomic E-state index is 14.1. The SMILES string of the molecule is Cn1ncc(NC(=O)c2nc(-c3ccccc3F)ccc2N)c1N1CCC(CN)C1. The van der Waals surface area contributed by atoms with Crippen LogP contribution in [0.1, 0.15) is 16.9 Å². The predicted octanol–water partition coefficient (Wildman–Crippen LogP) is 2.24. The molecule has 9 heteroatoms. The van der Waals surface area contributed by atoms with Crippen LogP contribution in [0.15, 0.2) is 42.6 Å². The summed E-state index contributed by atoms with van der Waals surface area (Å²) in [4.78, 5) is 19.5. The third kappa shape index (κ3) is 3.71. The zero-order chi connectivity index (χ0) is 21.3. The molecule has 1 saturated heterocycles. The zero-order valence-electron chi connectivity index (χ0n) is 16.7. The highest BCUT2D eigenvalue weighted by Crippen LogP contribution is 2.31. The van der Waals surface area contributed by atoms with Gasteiger partial charge in [0.1, 0.15) is 11.5 Å². The van der Waals surface area contributed by atoms with Gasteiger partial charge in [-0.1, -0.05) is 12.1 Å². The van der Waals surface area contributed by atoms with E-state index in [-0.39, 0.29) is 11.4 Å². The first-order chi connectivity index (χ1) is 14.5. The predicted molar refractivity (Wildman–Crippen MR) is 115 cm³/mol. The Labute approximate surface area is 173 Å². The van der Waals surface area contributed by atoms with E-state index in [9.17, 15) is 9.18 Å². The van der Waals surface area contributed by atoms with Crippen LogP contribution in [0, 0.1) is 11.7 Å². The summed E-state index contributed by atoms with van der Waals surface area (Å²) in [7, 11) is 1.83. The molecule has 1 unspecified atom stereocenters. The fourth-order valence-corrected chi connectivity index (χ4v) is 3.76. The molecular formula is C21H24FN7O. The highest BCUT2D eigenvalue weighted by molar-refractivity contribution is 6.07. The molecule has 0 spiro atoms. The van der Waals surface area contributed by atoms with Crippen LogP contribution in [0.5, 0.6) is 0 Å². The van der Waals surface area contributed by atoms with E-state index >= 15 is 0 Å². The highest BCUT2D eigenvalue weighted by Gasteiger charge is 2.27. The number of aryl methyl sites for hydroxylation is 1. The Kier molecular flexibility index (Phi) is 5.37. The van der Waals surface area contributed by atoms with E-state index in [1.807, 2.05) is 7.05 Å². The molecule has 0 bridgehead atoms. The molecule has 3 aromatic rings. The molecule has 5 N–H and O–H groups in total. The van der Waals surface area contributed by atoms with Crippen LogP contribution in [0.25, 0.3) is 11.3 Å². The van der Waals surface area contributed by atoms with Gasteiger partial charge >= 0.3 is 0 Å². The second-order valence-electron chi connectivity index (χ2n) is 7.41. The van der Waals surface area contributed by atoms with Crippen molar-refractivity contribution in [1.82, 2.24) is 14.8 Å². The van der Waals surface area contributed by atoms with Crippen molar-refractivity contribution in [1.29, 1.82) is 0 Å². The van der Waals surface area contributed by atoms with E-state index in [1.165, 1.54) is 6.07 Å². The maximum absolute atomic E-state index is 14.1. The average molecular weight is 409 g/mol. The molecule has 0 aliphatic carbocycles. The third-order valence-electron chi connectivity index (χ3n) is 5.37. The van der Waals surface area contributed by atoms with E-state index < -0.39 is 11.7 Å². The van der Waals surface area contributed by atoms with E-state index in [2.05, 4.69) is 20.3 Å². The molecule has 3 heterocycles. The van der Waals surface area contributed by atoms with Crippen molar-refractivity contribution in [3.05, 3.63) is 54.1 Å². The molecule has 1 aliphatic rings. The molecule has 1 amide bonds. The Morgan fingerprint density at radius 1 is 1.30 bits per heavy atom. The van der Waals surface area contributed by atoms with E-state index in [4.69, 9.17) is 11.5 Å². The number of nitrogens with zero attached hydrogens (tertiary/aromatic N) is 4. The number of nitrogens with one attached hydrogen (secondary N) is 1. The topological polar surface area (TPSA) is 115 Å². The number of carbonyl (C=O) groups is 1. The largest absolute Gasteiger partial charge is 0.397 e. The summed E-state index contributed by atoms with van der Waals surface area (Å²) in [6.07, 6.45) is 2.59. The normalized spacial score (nSPS) is 16.1. The van der Waals surface area contributed by atoms with Gasteiger partial charge < -0.3 is 21.7 Å². The molecule has 156 valence electrons. The second kappa shape index (κ2) is 8.11. The molecular weight excluding hydrogens is 385 g/mol. The first-order valence-corrected chi connectivity index (χ1v) is 9.77. The minimum atomic E-state index is -0.477. The second-order valence-corrected chi connectivity index (χ2v) is 7.41. The molecule has 0 radical (unpaired) electrons. The molecule has 30 heavy (non-hydrogen) atoms. The number of hydrogen-bond acceptors (Lipinski definition) is 6. The van der Waals surface area contributed by atoms with E-state index in [0.29, 0.717) is 29.4 Å². The van der Waals surface area contributed by atoms with Crippen molar-refractivity contribution < 1.29 is 9.18 Å². The molecule has 1 aliphatic heterocycles. The Morgan fingerprint density at radius 3 is 2.83 bits per heavy atom. The Hall–Kier alpha value is -3.46. The van der Waals surface area contributed by atoms with Gasteiger partial charge in [-0.25, -0.2) is 9.37 Å². The lowest BCUT2D eigenvalue weighted by Gasteiger charge is -2.20. The van der Waals surface area contributed by atoms with Crippen LogP contribution < -0.4 is 21.7 Å². The summed E-state index contributed by atoms with van der Waals surface area (Å²) >= 11 is 0. The van der Waals surface area contributed by atoms with Gasteiger partial charge in [0.15, 0.2) is 11.5 Å². The smallest absolute Gasteiger partial charge is 0.276 e. The van der Waals surface area contributed by atoms with Crippen LogP contribution >= 0.6 is 0 Å². The van der Waals surface area contributed by atoms with Gasteiger partial charge in [0.05, 0.1) is 17.6 Å². The number of nitrogens with two attached hydrogens (primary N) is 2. The summed E-state index contributed by atoms with van der Waals surface area (Å²) < 4.78 is 15.9. The van der Waals surface area contributed by atoms with E-state index in [1.54, 1.807) is 41.2 Å². The van der Waals surface area contributed by atoms with Gasteiger partial charge in [0.2, 0.25) is 0 Å². The molecule has 0 saturated carbocycles. The van der Waals surface area contributed by atoms with Crippen LogP contribution in [0.2, 0.25) is 0 Å². The number of amides is 1. The first-order valence-electron chi connectivity index (χ1n) is 9.77. The van der Waals surface area contributed by atoms with Crippen molar-refractivity contribution >= 4 is 23.1 Å². The van der Waals surface area contributed by atoms with Crippen molar-refractivity contribution in [2.45, 2.75) is 6.42 Å². The van der Waals surface area contributed by atoms with Gasteiger partial charge in [0.25, 0.3) is 5.91 Å². The minimum Gasteiger partial charge on any atom is -0.397 e. The minimum absolute atomic E-state index is 0.0341. The van der Waals surface area contributed by atoms with Crippen LogP contribution in [-0.2, 0) is 7.05 Å². The number of carbonyl (C=O) groups excluding carboxylic acids is 1. The van der Waals surface area contributed by atoms with Crippen molar-refractivity contribution in [3.63, 3.8) is 0 Å². The number of anilines is 3. The molecule has 8 nitrogen and oxygen atoms in total. The average Bonchev–Trinajstić information content (AvgIpc) is 3.35. The van der Waals surface area contributed by atoms with Crippen molar-refractivity contribution in [2.75, 3.05) is 35.6 Å². The zero-order valence-corrected chi connectivity index (χ0v) is 16.7. The monoisotopic (exact) mass is 409 g/mol. The van der Waals surface area contributed by atoms with Gasteiger partial charge in [0, 0.05) is 25.7 Å². The van der Waals surface area contributed by atoms with Crippen LogP contribution in [0.3, 0.4) is 0 Å². The standard InChI is InChI=1S/C21H24FN7O/c1-28-21(29-9-8-13(10-23)12-29)18(11-25-28)27-20(30)19-16(24)6-7-17(26-19)14-4-2-3-5-15(14)22/h2-7,11,13H,8-10,12,23-24H2,1H3,(H,27,30). The van der Waals surface area contributed by atoms with Crippen molar-refractivity contribution in [2.24, 2.45) is 18.7 Å². The van der Waals surface area contributed by atoms with E-state index in [0.717, 1.165) is 25.3 Å². The van der Waals surface area contributed by atoms with Gasteiger partial charge in [-0.15, -0.1) is 0 Å². The summed E-state index contributed by atoms with van der Waals surface area (Å²) in [6, 6.07) is 9.41. The van der Waals surface area contributed by atoms with Gasteiger partial charge in [-0.3, -0.25) is 9.48 Å². The number of nitrogen functional groups attached to an aromatic ring is 1. The molecule has 1 aromatic carbocycles. The summed E-state index contributed by atoms with van der Waals surface area (Å²) in [5.41, 5.74) is 13.3. The Balaban J connectivity index is 1.61. The number of pyridine rings is 1. The van der Waals surface area contributed by atoms with Crippen LogP contribution in [0.4, 0.5) is 21.6 Å². The summed E-state index contributed by atoms with van der Waals surface area (Å²) in [5, 5.41) is 7.15. The Bertz CT molecular complexity index is 1080. The fraction of sp³-hybridized carbons (Fsp3) is 0.286. The molecule has 1 atom stereocenters. The van der Waals surface area contributed by atoms with Gasteiger partial charge in [-0.05, 0) is 43.1 Å². The lowest BCUT2D eigenvalue weighted by atomic mass is 10.1. The number of rotatable bonds is 5. The van der Waals surface area contributed by atoms with Crippen LogP contribution in [-0.4, -0.2) is 40.3 Å². The Morgan fingerprint density at radius 2 is 2.10 bits per heavy atom. The number of halogens is 1. The lowest BCUT2D eigenvalue weighted by Crippen LogP contribution is -2.26. The molecule has 1 fully saturated rings. The number of aromatic nitrogens is 3. The third-order valence-corrected chi connectivity index (χ3v) is 5.37. The quantitative estimate of drug-likeness (QED) is 0.595. The van der Waals surface area contributed by atoms with Gasteiger partial charge in [-0.2, -0.15) is 5.10 Å². The number of hydrogen-bond donors (Lipinski definition) is 3. The summed E-state index contributed by atoms with van der Waals surface area (Å²) in [6.45, 7) is 2.27. The molecule has 2 aromatic heterocycles. The van der Waals surface area contributed by atoms with Crippen molar-refractivity contribution in [3.8, 4) is 11.3 Å². The maximum Gasteiger partial charge on any atom is 0.276 e. The summed E-state index contributed by atoms with van der Waals surface area (Å²) in [5.74, 6) is 0.329. The number of benzene rings is 1. The molecule has 4 rings (SSSR count).